The zero-order valence-corrected chi connectivity index (χ0v) is 23.0. The second-order valence-electron chi connectivity index (χ2n) is 9.95. The Labute approximate surface area is 234 Å². The fraction of sp³-hybridized carbons (Fsp3) is 0.212. The van der Waals surface area contributed by atoms with Gasteiger partial charge in [0.05, 0.1) is 36.3 Å². The molecule has 1 N–H and O–H groups in total. The minimum atomic E-state index is -0.360. The summed E-state index contributed by atoms with van der Waals surface area (Å²) in [4.78, 5) is 16.0. The quantitative estimate of drug-likeness (QED) is 0.255. The van der Waals surface area contributed by atoms with E-state index in [0.717, 1.165) is 51.9 Å². The molecule has 40 heavy (non-hydrogen) atoms. The van der Waals surface area contributed by atoms with Crippen molar-refractivity contribution in [2.75, 3.05) is 11.9 Å². The number of aryl methyl sites for hydroxylation is 2. The number of amides is 2. The molecule has 2 aromatic heterocycles. The highest BCUT2D eigenvalue weighted by molar-refractivity contribution is 5.90. The lowest BCUT2D eigenvalue weighted by Crippen LogP contribution is -2.38. The van der Waals surface area contributed by atoms with Gasteiger partial charge in [-0.15, -0.1) is 0 Å². The van der Waals surface area contributed by atoms with E-state index in [2.05, 4.69) is 47.3 Å². The van der Waals surface area contributed by atoms with Crippen LogP contribution in [0.5, 0.6) is 5.75 Å². The number of benzene rings is 3. The van der Waals surface area contributed by atoms with Gasteiger partial charge < -0.3 is 19.5 Å². The summed E-state index contributed by atoms with van der Waals surface area (Å²) >= 11 is 0. The van der Waals surface area contributed by atoms with Crippen LogP contribution in [-0.4, -0.2) is 31.9 Å². The Hall–Kier alpha value is -4.78. The lowest BCUT2D eigenvalue weighted by Gasteiger charge is -2.31. The monoisotopic (exact) mass is 531 g/mol. The third-order valence-corrected chi connectivity index (χ3v) is 7.45. The normalized spacial score (nSPS) is 14.3. The number of hydrogen-bond acceptors (Lipinski definition) is 3. The third kappa shape index (κ3) is 4.64. The Kier molecular flexibility index (Phi) is 6.86. The van der Waals surface area contributed by atoms with Crippen LogP contribution in [0.2, 0.25) is 0 Å². The molecule has 1 aliphatic heterocycles. The summed E-state index contributed by atoms with van der Waals surface area (Å²) in [6.45, 7) is 7.06. The molecule has 6 rings (SSSR count). The van der Waals surface area contributed by atoms with E-state index >= 15 is 0 Å². The van der Waals surface area contributed by atoms with Crippen LogP contribution in [0.4, 0.5) is 10.5 Å². The molecule has 7 heteroatoms. The van der Waals surface area contributed by atoms with Crippen molar-refractivity contribution in [3.05, 3.63) is 125 Å². The second kappa shape index (κ2) is 10.8. The fourth-order valence-corrected chi connectivity index (χ4v) is 5.46. The van der Waals surface area contributed by atoms with Crippen LogP contribution in [-0.2, 0) is 13.0 Å². The first kappa shape index (κ1) is 25.5. The first-order valence-electron chi connectivity index (χ1n) is 13.8. The smallest absolute Gasteiger partial charge is 0.322 e. The van der Waals surface area contributed by atoms with Crippen molar-refractivity contribution >= 4 is 11.7 Å². The van der Waals surface area contributed by atoms with Crippen LogP contribution in [0.25, 0.3) is 11.5 Å². The number of aromatic nitrogens is 3. The molecule has 3 aromatic carbocycles. The zero-order chi connectivity index (χ0) is 27.6. The highest BCUT2D eigenvalue weighted by Gasteiger charge is 2.36. The molecular weight excluding hydrogens is 498 g/mol. The van der Waals surface area contributed by atoms with E-state index in [-0.39, 0.29) is 12.1 Å². The lowest BCUT2D eigenvalue weighted by molar-refractivity contribution is 0.194. The number of carbonyl (C=O) groups excluding carboxylic acids is 1. The van der Waals surface area contributed by atoms with Crippen molar-refractivity contribution in [1.29, 1.82) is 0 Å². The first-order chi connectivity index (χ1) is 19.6. The SMILES string of the molecule is CCOc1cccc([C@@H]2c3cccn3-c3c(c(C)nn3-c3ccccc3)CN2C(=O)Nc2ccc(CC)cc2)c1. The van der Waals surface area contributed by atoms with Gasteiger partial charge in [-0.05, 0) is 79.9 Å². The summed E-state index contributed by atoms with van der Waals surface area (Å²) in [6, 6.07) is 29.8. The standard InChI is InChI=1S/C33H33N5O2/c1-4-24-16-18-26(19-17-24)34-33(39)37-22-29-23(3)35-38(27-12-7-6-8-13-27)32(29)36-20-10-15-30(36)31(37)25-11-9-14-28(21-25)40-5-2/h6-21,31H,4-5,22H2,1-3H3,(H,34,39)/t31-/m1/s1. The highest BCUT2D eigenvalue weighted by Crippen LogP contribution is 2.39. The molecule has 202 valence electrons. The molecule has 3 heterocycles. The average molecular weight is 532 g/mol. The van der Waals surface area contributed by atoms with E-state index in [1.54, 1.807) is 0 Å². The molecule has 0 aliphatic carbocycles. The predicted octanol–water partition coefficient (Wildman–Crippen LogP) is 7.07. The zero-order valence-electron chi connectivity index (χ0n) is 23.0. The van der Waals surface area contributed by atoms with E-state index in [9.17, 15) is 4.79 Å². The number of hydrogen-bond donors (Lipinski definition) is 1. The molecule has 5 aromatic rings. The molecule has 0 fully saturated rings. The van der Waals surface area contributed by atoms with E-state index in [1.807, 2.05) is 90.2 Å². The van der Waals surface area contributed by atoms with Crippen LogP contribution < -0.4 is 10.1 Å². The number of anilines is 1. The van der Waals surface area contributed by atoms with Crippen molar-refractivity contribution < 1.29 is 9.53 Å². The Morgan fingerprint density at radius 3 is 2.52 bits per heavy atom. The van der Waals surface area contributed by atoms with Crippen molar-refractivity contribution in [2.24, 2.45) is 0 Å². The van der Waals surface area contributed by atoms with Crippen LogP contribution in [0.3, 0.4) is 0 Å². The van der Waals surface area contributed by atoms with Crippen LogP contribution >= 0.6 is 0 Å². The number of fused-ring (bicyclic) bond motifs is 3. The fourth-order valence-electron chi connectivity index (χ4n) is 5.46. The predicted molar refractivity (Wildman–Crippen MR) is 157 cm³/mol. The summed E-state index contributed by atoms with van der Waals surface area (Å²) < 4.78 is 10.0. The maximum Gasteiger partial charge on any atom is 0.322 e. The Balaban J connectivity index is 1.51. The first-order valence-corrected chi connectivity index (χ1v) is 13.8. The number of nitrogens with zero attached hydrogens (tertiary/aromatic N) is 4. The summed E-state index contributed by atoms with van der Waals surface area (Å²) in [5, 5.41) is 8.09. The molecule has 0 saturated carbocycles. The van der Waals surface area contributed by atoms with Crippen molar-refractivity contribution in [1.82, 2.24) is 19.2 Å². The number of urea groups is 1. The summed E-state index contributed by atoms with van der Waals surface area (Å²) in [6.07, 6.45) is 3.00. The van der Waals surface area contributed by atoms with Gasteiger partial charge in [0.2, 0.25) is 0 Å². The van der Waals surface area contributed by atoms with Crippen molar-refractivity contribution in [3.8, 4) is 17.3 Å². The number of para-hydroxylation sites is 1. The third-order valence-electron chi connectivity index (χ3n) is 7.45. The molecular formula is C33H33N5O2. The number of ether oxygens (including phenoxy) is 1. The highest BCUT2D eigenvalue weighted by atomic mass is 16.5. The van der Waals surface area contributed by atoms with Gasteiger partial charge in [-0.1, -0.05) is 49.4 Å². The summed E-state index contributed by atoms with van der Waals surface area (Å²) in [5.74, 6) is 1.72. The van der Waals surface area contributed by atoms with Gasteiger partial charge in [0.1, 0.15) is 11.6 Å². The molecule has 1 aliphatic rings. The topological polar surface area (TPSA) is 64.3 Å². The molecule has 7 nitrogen and oxygen atoms in total. The van der Waals surface area contributed by atoms with Gasteiger partial charge >= 0.3 is 6.03 Å². The molecule has 0 unspecified atom stereocenters. The largest absolute Gasteiger partial charge is 0.494 e. The Bertz CT molecular complexity index is 1640. The minimum absolute atomic E-state index is 0.177. The maximum absolute atomic E-state index is 14.1. The van der Waals surface area contributed by atoms with E-state index in [1.165, 1.54) is 5.56 Å². The molecule has 0 radical (unpaired) electrons. The van der Waals surface area contributed by atoms with Gasteiger partial charge in [0.25, 0.3) is 0 Å². The molecule has 0 bridgehead atoms. The summed E-state index contributed by atoms with van der Waals surface area (Å²) in [7, 11) is 0. The summed E-state index contributed by atoms with van der Waals surface area (Å²) in [5.41, 5.74) is 6.79. The molecule has 0 spiro atoms. The number of nitrogens with one attached hydrogen (secondary N) is 1. The average Bonchev–Trinajstić information content (AvgIpc) is 3.54. The van der Waals surface area contributed by atoms with Gasteiger partial charge in [-0.25, -0.2) is 9.48 Å². The lowest BCUT2D eigenvalue weighted by atomic mass is 10.0. The van der Waals surface area contributed by atoms with Gasteiger partial charge in [0, 0.05) is 17.4 Å². The molecule has 2 amide bonds. The van der Waals surface area contributed by atoms with Gasteiger partial charge in [-0.3, -0.25) is 0 Å². The van der Waals surface area contributed by atoms with Gasteiger partial charge in [-0.2, -0.15) is 5.10 Å². The van der Waals surface area contributed by atoms with Crippen LogP contribution in [0.1, 0.15) is 48.0 Å². The van der Waals surface area contributed by atoms with Crippen molar-refractivity contribution in [2.45, 2.75) is 39.8 Å². The minimum Gasteiger partial charge on any atom is -0.494 e. The Morgan fingerprint density at radius 2 is 1.77 bits per heavy atom. The maximum atomic E-state index is 14.1. The molecule has 0 saturated heterocycles. The van der Waals surface area contributed by atoms with Gasteiger partial charge in [0.15, 0.2) is 0 Å². The number of rotatable bonds is 6. The Morgan fingerprint density at radius 1 is 0.975 bits per heavy atom. The van der Waals surface area contributed by atoms with E-state index < -0.39 is 0 Å². The van der Waals surface area contributed by atoms with E-state index in [4.69, 9.17) is 9.84 Å². The van der Waals surface area contributed by atoms with E-state index in [0.29, 0.717) is 13.2 Å². The van der Waals surface area contributed by atoms with Crippen LogP contribution in [0.15, 0.2) is 97.2 Å². The number of carbonyl (C=O) groups is 1. The molecule has 1 atom stereocenters. The van der Waals surface area contributed by atoms with Crippen LogP contribution in [0, 0.1) is 6.92 Å². The van der Waals surface area contributed by atoms with Crippen molar-refractivity contribution in [3.63, 3.8) is 0 Å². The second-order valence-corrected chi connectivity index (χ2v) is 9.95.